The summed E-state index contributed by atoms with van der Waals surface area (Å²) in [6, 6.07) is 7.40. The summed E-state index contributed by atoms with van der Waals surface area (Å²) in [5, 5.41) is 2.90. The van der Waals surface area contributed by atoms with Crippen LogP contribution in [0.25, 0.3) is 0 Å². The van der Waals surface area contributed by atoms with E-state index in [0.717, 1.165) is 4.31 Å². The van der Waals surface area contributed by atoms with E-state index in [1.807, 2.05) is 0 Å². The summed E-state index contributed by atoms with van der Waals surface area (Å²) >= 11 is 0. The lowest BCUT2D eigenvalue weighted by atomic mass is 10.2. The highest BCUT2D eigenvalue weighted by Crippen LogP contribution is 2.21. The van der Waals surface area contributed by atoms with Crippen molar-refractivity contribution < 1.29 is 17.2 Å². The number of hydrogen-bond donors (Lipinski definition) is 1. The maximum atomic E-state index is 13.9. The number of nitrogens with zero attached hydrogens (tertiary/aromatic N) is 1. The van der Waals surface area contributed by atoms with Crippen LogP contribution in [0.4, 0.5) is 4.39 Å². The van der Waals surface area contributed by atoms with Crippen molar-refractivity contribution in [3.63, 3.8) is 0 Å². The van der Waals surface area contributed by atoms with Crippen molar-refractivity contribution in [3.05, 3.63) is 53.7 Å². The number of hydrogen-bond acceptors (Lipinski definition) is 4. The number of benzene rings is 1. The van der Waals surface area contributed by atoms with Crippen molar-refractivity contribution >= 4 is 10.0 Å². The Morgan fingerprint density at radius 2 is 2.10 bits per heavy atom. The third kappa shape index (κ3) is 3.49. The Bertz CT molecular complexity index is 699. The predicted octanol–water partition coefficient (Wildman–Crippen LogP) is 1.96. The van der Waals surface area contributed by atoms with Gasteiger partial charge in [-0.15, -0.1) is 0 Å². The summed E-state index contributed by atoms with van der Waals surface area (Å²) in [4.78, 5) is -0.329. The second kappa shape index (κ2) is 6.38. The zero-order valence-corrected chi connectivity index (χ0v) is 12.7. The molecule has 0 spiro atoms. The topological polar surface area (TPSA) is 62.6 Å². The molecule has 0 aliphatic carbocycles. The molecule has 1 aromatic heterocycles. The molecule has 2 aromatic rings. The fourth-order valence-electron chi connectivity index (χ4n) is 1.93. The van der Waals surface area contributed by atoms with Crippen LogP contribution in [0.3, 0.4) is 0 Å². The number of sulfonamides is 1. The Kier molecular flexibility index (Phi) is 4.76. The van der Waals surface area contributed by atoms with Crippen LogP contribution in [-0.2, 0) is 23.1 Å². The van der Waals surface area contributed by atoms with Crippen molar-refractivity contribution in [3.8, 4) is 0 Å². The molecule has 0 aliphatic heterocycles. The molecule has 0 aliphatic rings. The van der Waals surface area contributed by atoms with Crippen molar-refractivity contribution in [1.29, 1.82) is 0 Å². The number of rotatable bonds is 6. The van der Waals surface area contributed by atoms with E-state index in [4.69, 9.17) is 4.42 Å². The molecular formula is C14H17FN2O3S. The van der Waals surface area contributed by atoms with Gasteiger partial charge in [-0.1, -0.05) is 6.07 Å². The number of furan rings is 1. The van der Waals surface area contributed by atoms with Gasteiger partial charge in [-0.2, -0.15) is 4.31 Å². The van der Waals surface area contributed by atoms with Gasteiger partial charge in [-0.05, 0) is 36.9 Å². The van der Waals surface area contributed by atoms with Crippen LogP contribution in [0.15, 0.2) is 45.9 Å². The van der Waals surface area contributed by atoms with Gasteiger partial charge < -0.3 is 9.73 Å². The third-order valence-electron chi connectivity index (χ3n) is 3.02. The first-order valence-electron chi connectivity index (χ1n) is 6.37. The van der Waals surface area contributed by atoms with Crippen LogP contribution in [0.1, 0.15) is 11.3 Å². The molecule has 0 atom stereocenters. The smallest absolute Gasteiger partial charge is 0.246 e. The van der Waals surface area contributed by atoms with Gasteiger partial charge in [-0.3, -0.25) is 0 Å². The molecule has 114 valence electrons. The first-order chi connectivity index (χ1) is 9.95. The monoisotopic (exact) mass is 312 g/mol. The second-order valence-corrected chi connectivity index (χ2v) is 6.65. The van der Waals surface area contributed by atoms with Gasteiger partial charge >= 0.3 is 0 Å². The van der Waals surface area contributed by atoms with Crippen LogP contribution >= 0.6 is 0 Å². The molecule has 0 bridgehead atoms. The molecule has 7 heteroatoms. The van der Waals surface area contributed by atoms with Crippen molar-refractivity contribution in [2.24, 2.45) is 0 Å². The largest absolute Gasteiger partial charge is 0.468 e. The van der Waals surface area contributed by atoms with Gasteiger partial charge in [0.2, 0.25) is 10.0 Å². The lowest BCUT2D eigenvalue weighted by Gasteiger charge is -2.17. The first-order valence-corrected chi connectivity index (χ1v) is 7.81. The minimum atomic E-state index is -3.92. The Balaban J connectivity index is 2.31. The Labute approximate surface area is 123 Å². The lowest BCUT2D eigenvalue weighted by Crippen LogP contribution is -2.27. The predicted molar refractivity (Wildman–Crippen MR) is 76.5 cm³/mol. The molecule has 21 heavy (non-hydrogen) atoms. The number of halogens is 1. The van der Waals surface area contributed by atoms with E-state index in [2.05, 4.69) is 5.32 Å². The molecule has 5 nitrogen and oxygen atoms in total. The first kappa shape index (κ1) is 15.7. The summed E-state index contributed by atoms with van der Waals surface area (Å²) in [5.74, 6) is -0.269. The van der Waals surface area contributed by atoms with Gasteiger partial charge in [0.1, 0.15) is 16.5 Å². The minimum Gasteiger partial charge on any atom is -0.468 e. The maximum Gasteiger partial charge on any atom is 0.246 e. The fourth-order valence-corrected chi connectivity index (χ4v) is 3.18. The Morgan fingerprint density at radius 1 is 1.33 bits per heavy atom. The summed E-state index contributed by atoms with van der Waals surface area (Å²) in [7, 11) is -0.788. The molecule has 0 fully saturated rings. The zero-order valence-electron chi connectivity index (χ0n) is 11.8. The van der Waals surface area contributed by atoms with Gasteiger partial charge in [0.05, 0.1) is 12.8 Å². The van der Waals surface area contributed by atoms with Crippen molar-refractivity contribution in [1.82, 2.24) is 9.62 Å². The Morgan fingerprint density at radius 3 is 2.71 bits per heavy atom. The third-order valence-corrected chi connectivity index (χ3v) is 4.84. The van der Waals surface area contributed by atoms with Crippen molar-refractivity contribution in [2.75, 3.05) is 14.1 Å². The van der Waals surface area contributed by atoms with E-state index in [1.165, 1.54) is 25.4 Å². The van der Waals surface area contributed by atoms with Crippen LogP contribution in [0.5, 0.6) is 0 Å². The van der Waals surface area contributed by atoms with E-state index < -0.39 is 15.8 Å². The van der Waals surface area contributed by atoms with Crippen molar-refractivity contribution in [2.45, 2.75) is 18.0 Å². The average molecular weight is 312 g/mol. The van der Waals surface area contributed by atoms with Gasteiger partial charge in [-0.25, -0.2) is 12.8 Å². The zero-order chi connectivity index (χ0) is 15.5. The summed E-state index contributed by atoms with van der Waals surface area (Å²) in [6.07, 6.45) is 1.46. The summed E-state index contributed by atoms with van der Waals surface area (Å²) in [6.45, 7) is 0.510. The fraction of sp³-hybridized carbons (Fsp3) is 0.286. The van der Waals surface area contributed by atoms with Crippen LogP contribution in [0, 0.1) is 5.82 Å². The van der Waals surface area contributed by atoms with Gasteiger partial charge in [0, 0.05) is 13.6 Å². The van der Waals surface area contributed by atoms with Gasteiger partial charge in [0.25, 0.3) is 0 Å². The lowest BCUT2D eigenvalue weighted by molar-refractivity contribution is 0.404. The van der Waals surface area contributed by atoms with E-state index in [0.29, 0.717) is 17.9 Å². The molecule has 0 saturated heterocycles. The second-order valence-electron chi connectivity index (χ2n) is 4.64. The summed E-state index contributed by atoms with van der Waals surface area (Å²) < 4.78 is 45.0. The molecule has 0 radical (unpaired) electrons. The molecule has 1 heterocycles. The normalized spacial score (nSPS) is 12.0. The van der Waals surface area contributed by atoms with E-state index in [-0.39, 0.29) is 11.4 Å². The molecule has 1 aromatic carbocycles. The van der Waals surface area contributed by atoms with Crippen LogP contribution in [0.2, 0.25) is 0 Å². The quantitative estimate of drug-likeness (QED) is 0.886. The molecule has 1 N–H and O–H groups in total. The molecule has 0 amide bonds. The average Bonchev–Trinajstić information content (AvgIpc) is 2.94. The Hall–Kier alpha value is -1.70. The van der Waals surface area contributed by atoms with E-state index >= 15 is 0 Å². The minimum absolute atomic E-state index is 0.0467. The highest BCUT2D eigenvalue weighted by molar-refractivity contribution is 7.89. The van der Waals surface area contributed by atoms with Crippen LogP contribution < -0.4 is 5.32 Å². The highest BCUT2D eigenvalue weighted by Gasteiger charge is 2.25. The molecular weight excluding hydrogens is 295 g/mol. The molecule has 2 rings (SSSR count). The number of nitrogens with one attached hydrogen (secondary N) is 1. The van der Waals surface area contributed by atoms with Crippen LogP contribution in [-0.4, -0.2) is 26.8 Å². The SMILES string of the molecule is CNCc1ccc(F)c(S(=O)(=O)N(C)Cc2ccco2)c1. The van der Waals surface area contributed by atoms with E-state index in [9.17, 15) is 12.8 Å². The maximum absolute atomic E-state index is 13.9. The molecule has 0 unspecified atom stereocenters. The molecule has 0 saturated carbocycles. The van der Waals surface area contributed by atoms with Gasteiger partial charge in [0.15, 0.2) is 0 Å². The van der Waals surface area contributed by atoms with E-state index in [1.54, 1.807) is 25.2 Å². The standard InChI is InChI=1S/C14H17FN2O3S/c1-16-9-11-5-6-13(15)14(8-11)21(18,19)17(2)10-12-4-3-7-20-12/h3-8,16H,9-10H2,1-2H3. The highest BCUT2D eigenvalue weighted by atomic mass is 32.2. The summed E-state index contributed by atoms with van der Waals surface area (Å²) in [5.41, 5.74) is 0.698.